The number of rotatable bonds is 6. The van der Waals surface area contributed by atoms with Crippen LogP contribution in [0.1, 0.15) is 30.6 Å². The summed E-state index contributed by atoms with van der Waals surface area (Å²) in [5.74, 6) is 0.708. The second-order valence-electron chi connectivity index (χ2n) is 3.82. The molecule has 0 aliphatic rings. The van der Waals surface area contributed by atoms with Crippen molar-refractivity contribution in [3.05, 3.63) is 11.3 Å². The molecule has 1 aromatic rings. The van der Waals surface area contributed by atoms with Crippen molar-refractivity contribution < 1.29 is 9.84 Å². The van der Waals surface area contributed by atoms with Crippen LogP contribution in [0, 0.1) is 6.92 Å². The largest absolute Gasteiger partial charge is 0.481 e. The molecule has 1 atom stereocenters. The maximum atomic E-state index is 9.40. The molecule has 0 aliphatic carbocycles. The van der Waals surface area contributed by atoms with Crippen molar-refractivity contribution in [1.82, 2.24) is 15.1 Å². The van der Waals surface area contributed by atoms with E-state index in [9.17, 15) is 5.11 Å². The third kappa shape index (κ3) is 2.54. The molecule has 2 N–H and O–H groups in total. The van der Waals surface area contributed by atoms with Gasteiger partial charge in [0.05, 0.1) is 31.0 Å². The molecule has 0 spiro atoms. The van der Waals surface area contributed by atoms with Gasteiger partial charge in [-0.05, 0) is 19.9 Å². The molecule has 92 valence electrons. The molecular formula is C11H21N3O2. The Kier molecular flexibility index (Phi) is 4.76. The van der Waals surface area contributed by atoms with Gasteiger partial charge in [0.2, 0.25) is 5.88 Å². The lowest BCUT2D eigenvalue weighted by Crippen LogP contribution is -2.25. The van der Waals surface area contributed by atoms with Gasteiger partial charge in [0.1, 0.15) is 0 Å². The van der Waals surface area contributed by atoms with Gasteiger partial charge in [-0.1, -0.05) is 6.92 Å². The molecule has 0 aromatic carbocycles. The maximum Gasteiger partial charge on any atom is 0.216 e. The van der Waals surface area contributed by atoms with E-state index in [-0.39, 0.29) is 12.6 Å². The minimum atomic E-state index is -0.108. The summed E-state index contributed by atoms with van der Waals surface area (Å²) in [7, 11) is 3.46. The number of nitrogens with zero attached hydrogens (tertiary/aromatic N) is 2. The maximum absolute atomic E-state index is 9.40. The first-order chi connectivity index (χ1) is 7.65. The first-order valence-electron chi connectivity index (χ1n) is 5.57. The number of ether oxygens (including phenoxy) is 1. The fourth-order valence-electron chi connectivity index (χ4n) is 1.87. The van der Waals surface area contributed by atoms with E-state index in [1.54, 1.807) is 11.8 Å². The number of hydrogen-bond donors (Lipinski definition) is 2. The van der Waals surface area contributed by atoms with E-state index < -0.39 is 0 Å². The average molecular weight is 227 g/mol. The fourth-order valence-corrected chi connectivity index (χ4v) is 1.87. The number of aliphatic hydroxyl groups excluding tert-OH is 1. The molecule has 0 amide bonds. The van der Waals surface area contributed by atoms with E-state index >= 15 is 0 Å². The van der Waals surface area contributed by atoms with Crippen LogP contribution in [0.3, 0.4) is 0 Å². The van der Waals surface area contributed by atoms with Gasteiger partial charge in [-0.2, -0.15) is 5.10 Å². The lowest BCUT2D eigenvalue weighted by Gasteiger charge is -2.16. The molecule has 0 bridgehead atoms. The number of methoxy groups -OCH3 is 1. The zero-order valence-corrected chi connectivity index (χ0v) is 10.4. The van der Waals surface area contributed by atoms with Crippen molar-refractivity contribution in [2.45, 2.75) is 26.3 Å². The van der Waals surface area contributed by atoms with Crippen molar-refractivity contribution in [2.75, 3.05) is 20.3 Å². The van der Waals surface area contributed by atoms with E-state index in [4.69, 9.17) is 4.74 Å². The predicted molar refractivity (Wildman–Crippen MR) is 62.6 cm³/mol. The van der Waals surface area contributed by atoms with Gasteiger partial charge in [0, 0.05) is 7.05 Å². The SMILES string of the molecule is CCCNC(CO)c1c(C)nn(C)c1OC. The zero-order chi connectivity index (χ0) is 12.1. The van der Waals surface area contributed by atoms with Gasteiger partial charge < -0.3 is 15.2 Å². The molecule has 0 saturated heterocycles. The standard InChI is InChI=1S/C11H21N3O2/c1-5-6-12-9(7-15)10-8(2)13-14(3)11(10)16-4/h9,12,15H,5-7H2,1-4H3. The Bertz CT molecular complexity index is 336. The summed E-state index contributed by atoms with van der Waals surface area (Å²) >= 11 is 0. The minimum absolute atomic E-state index is 0.0445. The summed E-state index contributed by atoms with van der Waals surface area (Å²) in [4.78, 5) is 0. The van der Waals surface area contributed by atoms with Gasteiger partial charge in [-0.3, -0.25) is 0 Å². The summed E-state index contributed by atoms with van der Waals surface area (Å²) in [6, 6.07) is -0.108. The number of aryl methyl sites for hydroxylation is 2. The molecule has 1 unspecified atom stereocenters. The van der Waals surface area contributed by atoms with Crippen LogP contribution in [0.15, 0.2) is 0 Å². The zero-order valence-electron chi connectivity index (χ0n) is 10.4. The fraction of sp³-hybridized carbons (Fsp3) is 0.727. The Balaban J connectivity index is 2.98. The van der Waals surface area contributed by atoms with Crippen LogP contribution in [0.25, 0.3) is 0 Å². The minimum Gasteiger partial charge on any atom is -0.481 e. The summed E-state index contributed by atoms with van der Waals surface area (Å²) in [6.45, 7) is 4.93. The Morgan fingerprint density at radius 3 is 2.75 bits per heavy atom. The Hall–Kier alpha value is -1.07. The molecular weight excluding hydrogens is 206 g/mol. The summed E-state index contributed by atoms with van der Waals surface area (Å²) in [5, 5.41) is 17.0. The Morgan fingerprint density at radius 1 is 1.56 bits per heavy atom. The Labute approximate surface area is 96.4 Å². The van der Waals surface area contributed by atoms with Gasteiger partial charge in [-0.25, -0.2) is 4.68 Å². The van der Waals surface area contributed by atoms with Gasteiger partial charge >= 0.3 is 0 Å². The quantitative estimate of drug-likeness (QED) is 0.753. The molecule has 1 heterocycles. The highest BCUT2D eigenvalue weighted by atomic mass is 16.5. The second kappa shape index (κ2) is 5.86. The van der Waals surface area contributed by atoms with Crippen molar-refractivity contribution in [1.29, 1.82) is 0 Å². The molecule has 1 aromatic heterocycles. The van der Waals surface area contributed by atoms with E-state index in [0.717, 1.165) is 24.2 Å². The smallest absolute Gasteiger partial charge is 0.216 e. The predicted octanol–water partition coefficient (Wildman–Crippen LogP) is 0.770. The Morgan fingerprint density at radius 2 is 2.25 bits per heavy atom. The van der Waals surface area contributed by atoms with Gasteiger partial charge in [-0.15, -0.1) is 0 Å². The van der Waals surface area contributed by atoms with Crippen molar-refractivity contribution in [3.8, 4) is 5.88 Å². The highest BCUT2D eigenvalue weighted by Crippen LogP contribution is 2.27. The van der Waals surface area contributed by atoms with Crippen LogP contribution in [0.4, 0.5) is 0 Å². The van der Waals surface area contributed by atoms with Crippen LogP contribution in [-0.2, 0) is 7.05 Å². The van der Waals surface area contributed by atoms with Crippen molar-refractivity contribution in [3.63, 3.8) is 0 Å². The monoisotopic (exact) mass is 227 g/mol. The lowest BCUT2D eigenvalue weighted by molar-refractivity contribution is 0.240. The molecule has 0 fully saturated rings. The van der Waals surface area contributed by atoms with Crippen molar-refractivity contribution in [2.24, 2.45) is 7.05 Å². The number of aliphatic hydroxyl groups is 1. The molecule has 5 nitrogen and oxygen atoms in total. The lowest BCUT2D eigenvalue weighted by atomic mass is 10.1. The number of hydrogen-bond acceptors (Lipinski definition) is 4. The third-order valence-electron chi connectivity index (χ3n) is 2.58. The summed E-state index contributed by atoms with van der Waals surface area (Å²) in [6.07, 6.45) is 1.03. The van der Waals surface area contributed by atoms with E-state index in [1.807, 2.05) is 14.0 Å². The molecule has 5 heteroatoms. The average Bonchev–Trinajstić information content (AvgIpc) is 2.55. The molecule has 0 saturated carbocycles. The molecule has 0 aliphatic heterocycles. The molecule has 1 rings (SSSR count). The van der Waals surface area contributed by atoms with Gasteiger partial charge in [0.25, 0.3) is 0 Å². The number of nitrogens with one attached hydrogen (secondary N) is 1. The second-order valence-corrected chi connectivity index (χ2v) is 3.82. The van der Waals surface area contributed by atoms with Gasteiger partial charge in [0.15, 0.2) is 0 Å². The van der Waals surface area contributed by atoms with Crippen LogP contribution < -0.4 is 10.1 Å². The number of aromatic nitrogens is 2. The van der Waals surface area contributed by atoms with Crippen LogP contribution in [0.5, 0.6) is 5.88 Å². The topological polar surface area (TPSA) is 59.3 Å². The van der Waals surface area contributed by atoms with E-state index in [1.165, 1.54) is 0 Å². The first-order valence-corrected chi connectivity index (χ1v) is 5.57. The van der Waals surface area contributed by atoms with Crippen LogP contribution in [0.2, 0.25) is 0 Å². The van der Waals surface area contributed by atoms with E-state index in [0.29, 0.717) is 5.88 Å². The van der Waals surface area contributed by atoms with Crippen LogP contribution >= 0.6 is 0 Å². The van der Waals surface area contributed by atoms with E-state index in [2.05, 4.69) is 17.3 Å². The van der Waals surface area contributed by atoms with Crippen molar-refractivity contribution >= 4 is 0 Å². The normalized spacial score (nSPS) is 12.8. The summed E-state index contributed by atoms with van der Waals surface area (Å²) in [5.41, 5.74) is 1.84. The highest BCUT2D eigenvalue weighted by Gasteiger charge is 2.21. The third-order valence-corrected chi connectivity index (χ3v) is 2.58. The highest BCUT2D eigenvalue weighted by molar-refractivity contribution is 5.34. The van der Waals surface area contributed by atoms with Crippen LogP contribution in [-0.4, -0.2) is 35.1 Å². The first kappa shape index (κ1) is 13.0. The molecule has 0 radical (unpaired) electrons. The summed E-state index contributed by atoms with van der Waals surface area (Å²) < 4.78 is 7.00. The molecule has 16 heavy (non-hydrogen) atoms.